The van der Waals surface area contributed by atoms with E-state index in [0.717, 1.165) is 18.4 Å². The lowest BCUT2D eigenvalue weighted by Crippen LogP contribution is -2.53. The molecule has 0 aromatic carbocycles. The van der Waals surface area contributed by atoms with Crippen LogP contribution < -0.4 is 5.73 Å². The first-order valence-electron chi connectivity index (χ1n) is 6.21. The third-order valence-corrected chi connectivity index (χ3v) is 5.54. The Morgan fingerprint density at radius 2 is 2.33 bits per heavy atom. The number of rotatable bonds is 3. The Morgan fingerprint density at radius 1 is 1.53 bits per heavy atom. The van der Waals surface area contributed by atoms with Crippen LogP contribution in [0.3, 0.4) is 0 Å². The van der Waals surface area contributed by atoms with Gasteiger partial charge in [0.2, 0.25) is 0 Å². The molecule has 2 heterocycles. The predicted octanol–water partition coefficient (Wildman–Crippen LogP) is 1.80. The normalized spacial score (nSPS) is 38.0. The molecule has 15 heavy (non-hydrogen) atoms. The van der Waals surface area contributed by atoms with E-state index >= 15 is 0 Å². The summed E-state index contributed by atoms with van der Waals surface area (Å²) in [7, 11) is 0. The lowest BCUT2D eigenvalue weighted by molar-refractivity contribution is 0.140. The monoisotopic (exact) mass is 228 g/mol. The van der Waals surface area contributed by atoms with Gasteiger partial charge in [-0.05, 0) is 37.0 Å². The first kappa shape index (κ1) is 11.7. The van der Waals surface area contributed by atoms with E-state index in [4.69, 9.17) is 5.73 Å². The second-order valence-corrected chi connectivity index (χ2v) is 6.58. The lowest BCUT2D eigenvalue weighted by atomic mass is 9.94. The summed E-state index contributed by atoms with van der Waals surface area (Å²) in [6, 6.07) is 0. The zero-order chi connectivity index (χ0) is 10.9. The zero-order valence-corrected chi connectivity index (χ0v) is 10.9. The zero-order valence-electron chi connectivity index (χ0n) is 10.0. The third-order valence-electron chi connectivity index (χ3n) is 4.30. The van der Waals surface area contributed by atoms with E-state index in [1.54, 1.807) is 0 Å². The fraction of sp³-hybridized carbons (Fsp3) is 1.00. The number of hydrogen-bond donors (Lipinski definition) is 1. The van der Waals surface area contributed by atoms with Gasteiger partial charge in [-0.25, -0.2) is 0 Å². The average molecular weight is 228 g/mol. The molecule has 0 aromatic rings. The molecule has 2 aliphatic heterocycles. The molecule has 0 amide bonds. The standard InChI is InChI=1S/C12H24N2S/c1-10(2)11-3-5-14(7-11)12(8-13)4-6-15-9-12/h10-11H,3-9,13H2,1-2H3. The van der Waals surface area contributed by atoms with Crippen LogP contribution in [-0.4, -0.2) is 41.6 Å². The van der Waals surface area contributed by atoms with Crippen LogP contribution in [0.15, 0.2) is 0 Å². The van der Waals surface area contributed by atoms with Gasteiger partial charge >= 0.3 is 0 Å². The fourth-order valence-electron chi connectivity index (χ4n) is 2.90. The minimum absolute atomic E-state index is 0.355. The van der Waals surface area contributed by atoms with E-state index in [1.807, 2.05) is 0 Å². The quantitative estimate of drug-likeness (QED) is 0.799. The molecule has 2 nitrogen and oxygen atoms in total. The number of nitrogens with two attached hydrogens (primary N) is 1. The predicted molar refractivity (Wildman–Crippen MR) is 68.2 cm³/mol. The van der Waals surface area contributed by atoms with Gasteiger partial charge in [0.15, 0.2) is 0 Å². The molecule has 0 aromatic heterocycles. The molecule has 2 rings (SSSR count). The van der Waals surface area contributed by atoms with Gasteiger partial charge < -0.3 is 5.73 Å². The largest absolute Gasteiger partial charge is 0.329 e. The molecule has 3 heteroatoms. The number of likely N-dealkylation sites (tertiary alicyclic amines) is 1. The van der Waals surface area contributed by atoms with E-state index in [9.17, 15) is 0 Å². The summed E-state index contributed by atoms with van der Waals surface area (Å²) < 4.78 is 0. The van der Waals surface area contributed by atoms with Crippen molar-refractivity contribution >= 4 is 11.8 Å². The minimum atomic E-state index is 0.355. The SMILES string of the molecule is CC(C)C1CCN(C2(CN)CCSC2)C1. The Balaban J connectivity index is 1.99. The summed E-state index contributed by atoms with van der Waals surface area (Å²) in [6.07, 6.45) is 2.68. The van der Waals surface area contributed by atoms with Crippen LogP contribution >= 0.6 is 11.8 Å². The Hall–Kier alpha value is 0.270. The fourth-order valence-corrected chi connectivity index (χ4v) is 4.39. The van der Waals surface area contributed by atoms with Gasteiger partial charge in [-0.3, -0.25) is 4.90 Å². The van der Waals surface area contributed by atoms with Crippen molar-refractivity contribution in [1.29, 1.82) is 0 Å². The summed E-state index contributed by atoms with van der Waals surface area (Å²) >= 11 is 2.08. The molecule has 0 radical (unpaired) electrons. The molecule has 0 aliphatic carbocycles. The molecule has 0 saturated carbocycles. The molecular weight excluding hydrogens is 204 g/mol. The van der Waals surface area contributed by atoms with Crippen molar-refractivity contribution < 1.29 is 0 Å². The topological polar surface area (TPSA) is 29.3 Å². The smallest absolute Gasteiger partial charge is 0.0429 e. The molecule has 2 fully saturated rings. The molecule has 2 unspecified atom stereocenters. The molecule has 0 spiro atoms. The second kappa shape index (κ2) is 4.64. The lowest BCUT2D eigenvalue weighted by Gasteiger charge is -2.37. The maximum Gasteiger partial charge on any atom is 0.0429 e. The summed E-state index contributed by atoms with van der Waals surface area (Å²) in [6.45, 7) is 8.13. The van der Waals surface area contributed by atoms with E-state index in [2.05, 4.69) is 30.5 Å². The van der Waals surface area contributed by atoms with Crippen LogP contribution in [-0.2, 0) is 0 Å². The number of thioether (sulfide) groups is 1. The van der Waals surface area contributed by atoms with Gasteiger partial charge in [-0.15, -0.1) is 0 Å². The highest BCUT2D eigenvalue weighted by molar-refractivity contribution is 7.99. The first-order chi connectivity index (χ1) is 7.18. The first-order valence-corrected chi connectivity index (χ1v) is 7.36. The summed E-state index contributed by atoms with van der Waals surface area (Å²) in [5.41, 5.74) is 6.37. The maximum atomic E-state index is 6.02. The Bertz CT molecular complexity index is 212. The highest BCUT2D eigenvalue weighted by Gasteiger charge is 2.42. The van der Waals surface area contributed by atoms with Gasteiger partial charge in [-0.1, -0.05) is 13.8 Å². The molecule has 2 atom stereocenters. The van der Waals surface area contributed by atoms with Crippen LogP contribution in [0, 0.1) is 11.8 Å². The Kier molecular flexibility index (Phi) is 3.63. The van der Waals surface area contributed by atoms with Crippen LogP contribution in [0.2, 0.25) is 0 Å². The van der Waals surface area contributed by atoms with Gasteiger partial charge in [0.25, 0.3) is 0 Å². The van der Waals surface area contributed by atoms with Gasteiger partial charge in [0, 0.05) is 24.4 Å². The number of hydrogen-bond acceptors (Lipinski definition) is 3. The van der Waals surface area contributed by atoms with Crippen LogP contribution in [0.4, 0.5) is 0 Å². The molecule has 88 valence electrons. The highest BCUT2D eigenvalue weighted by atomic mass is 32.2. The van der Waals surface area contributed by atoms with Crippen molar-refractivity contribution in [3.63, 3.8) is 0 Å². The van der Waals surface area contributed by atoms with Gasteiger partial charge in [-0.2, -0.15) is 11.8 Å². The summed E-state index contributed by atoms with van der Waals surface area (Å²) in [5.74, 6) is 4.30. The van der Waals surface area contributed by atoms with Crippen LogP contribution in [0.5, 0.6) is 0 Å². The second-order valence-electron chi connectivity index (χ2n) is 5.47. The van der Waals surface area contributed by atoms with Crippen molar-refractivity contribution in [3.8, 4) is 0 Å². The van der Waals surface area contributed by atoms with E-state index in [-0.39, 0.29) is 0 Å². The van der Waals surface area contributed by atoms with E-state index < -0.39 is 0 Å². The number of nitrogens with zero attached hydrogens (tertiary/aromatic N) is 1. The summed E-state index contributed by atoms with van der Waals surface area (Å²) in [5, 5.41) is 0. The van der Waals surface area contributed by atoms with E-state index in [1.165, 1.54) is 37.4 Å². The van der Waals surface area contributed by atoms with Crippen molar-refractivity contribution in [2.24, 2.45) is 17.6 Å². The van der Waals surface area contributed by atoms with Gasteiger partial charge in [0.1, 0.15) is 0 Å². The molecular formula is C12H24N2S. The van der Waals surface area contributed by atoms with Crippen molar-refractivity contribution in [2.75, 3.05) is 31.1 Å². The maximum absolute atomic E-state index is 6.02. The minimum Gasteiger partial charge on any atom is -0.329 e. The third kappa shape index (κ3) is 2.20. The van der Waals surface area contributed by atoms with Crippen molar-refractivity contribution in [3.05, 3.63) is 0 Å². The van der Waals surface area contributed by atoms with Crippen molar-refractivity contribution in [1.82, 2.24) is 4.90 Å². The molecule has 2 aliphatic rings. The Labute approximate surface area is 98.0 Å². The highest BCUT2D eigenvalue weighted by Crippen LogP contribution is 2.37. The molecule has 0 bridgehead atoms. The average Bonchev–Trinajstić information content (AvgIpc) is 2.87. The molecule has 2 saturated heterocycles. The van der Waals surface area contributed by atoms with Crippen molar-refractivity contribution in [2.45, 2.75) is 32.2 Å². The summed E-state index contributed by atoms with van der Waals surface area (Å²) in [4.78, 5) is 2.69. The van der Waals surface area contributed by atoms with Crippen LogP contribution in [0.1, 0.15) is 26.7 Å². The molecule has 2 N–H and O–H groups in total. The van der Waals surface area contributed by atoms with E-state index in [0.29, 0.717) is 5.54 Å². The van der Waals surface area contributed by atoms with Gasteiger partial charge in [0.05, 0.1) is 0 Å². The Morgan fingerprint density at radius 3 is 2.80 bits per heavy atom. The van der Waals surface area contributed by atoms with Crippen LogP contribution in [0.25, 0.3) is 0 Å².